The Hall–Kier alpha value is -3.95. The van der Waals surface area contributed by atoms with Crippen molar-refractivity contribution in [1.82, 2.24) is 10.9 Å². The zero-order valence-corrected chi connectivity index (χ0v) is 15.5. The van der Waals surface area contributed by atoms with Crippen LogP contribution in [0.15, 0.2) is 48.5 Å². The molecule has 2 aromatic carbocycles. The molecule has 0 aliphatic rings. The molecule has 10 nitrogen and oxygen atoms in total. The highest BCUT2D eigenvalue weighted by atomic mass is 16.6. The number of nitro benzene ring substituents is 1. The molecule has 0 saturated carbocycles. The zero-order chi connectivity index (χ0) is 21.2. The van der Waals surface area contributed by atoms with Crippen molar-refractivity contribution in [3.63, 3.8) is 0 Å². The van der Waals surface area contributed by atoms with Gasteiger partial charge in [0.1, 0.15) is 11.3 Å². The molecule has 2 N–H and O–H groups in total. The largest absolute Gasteiger partial charge is 0.484 e. The fraction of sp³-hybridized carbons (Fsp3) is 0.211. The van der Waals surface area contributed by atoms with Gasteiger partial charge in [-0.05, 0) is 36.8 Å². The summed E-state index contributed by atoms with van der Waals surface area (Å²) in [5, 5.41) is 10.9. The molecule has 0 saturated heterocycles. The van der Waals surface area contributed by atoms with E-state index in [9.17, 15) is 24.5 Å². The number of hydrogen-bond donors (Lipinski definition) is 2. The minimum atomic E-state index is -0.833. The molecule has 10 heteroatoms. The lowest BCUT2D eigenvalue weighted by Gasteiger charge is -2.09. The van der Waals surface area contributed by atoms with Crippen LogP contribution in [0.25, 0.3) is 0 Å². The third-order valence-electron chi connectivity index (χ3n) is 3.56. The summed E-state index contributed by atoms with van der Waals surface area (Å²) in [4.78, 5) is 45.8. The van der Waals surface area contributed by atoms with E-state index in [4.69, 9.17) is 9.47 Å². The Morgan fingerprint density at radius 3 is 2.38 bits per heavy atom. The Morgan fingerprint density at radius 1 is 1.03 bits per heavy atom. The van der Waals surface area contributed by atoms with E-state index in [0.29, 0.717) is 17.9 Å². The molecule has 0 atom stereocenters. The number of nitro groups is 1. The van der Waals surface area contributed by atoms with Gasteiger partial charge in [-0.3, -0.25) is 30.6 Å². The number of hydrogen-bond acceptors (Lipinski definition) is 7. The molecule has 0 aliphatic carbocycles. The lowest BCUT2D eigenvalue weighted by molar-refractivity contribution is -0.385. The van der Waals surface area contributed by atoms with E-state index < -0.39 is 29.3 Å². The summed E-state index contributed by atoms with van der Waals surface area (Å²) < 4.78 is 10.3. The molecule has 29 heavy (non-hydrogen) atoms. The first-order valence-corrected chi connectivity index (χ1v) is 8.65. The number of nitrogens with one attached hydrogen (secondary N) is 2. The minimum Gasteiger partial charge on any atom is -0.484 e. The summed E-state index contributed by atoms with van der Waals surface area (Å²) in [6.45, 7) is 1.80. The van der Waals surface area contributed by atoms with Crippen molar-refractivity contribution in [2.45, 2.75) is 13.3 Å². The molecule has 0 fully saturated rings. The molecule has 152 valence electrons. The molecule has 0 heterocycles. The second kappa shape index (κ2) is 10.4. The van der Waals surface area contributed by atoms with Crippen LogP contribution in [0.1, 0.15) is 34.1 Å². The maximum Gasteiger partial charge on any atom is 0.338 e. The Morgan fingerprint density at radius 2 is 1.72 bits per heavy atom. The smallest absolute Gasteiger partial charge is 0.338 e. The molecule has 2 amide bonds. The number of benzene rings is 2. The molecule has 0 unspecified atom stereocenters. The number of ether oxygens (including phenoxy) is 2. The molecule has 2 rings (SSSR count). The van der Waals surface area contributed by atoms with Gasteiger partial charge < -0.3 is 9.47 Å². The van der Waals surface area contributed by atoms with E-state index >= 15 is 0 Å². The van der Waals surface area contributed by atoms with E-state index in [1.807, 2.05) is 6.92 Å². The van der Waals surface area contributed by atoms with E-state index in [1.54, 1.807) is 0 Å². The fourth-order valence-electron chi connectivity index (χ4n) is 2.17. The number of carbonyl (C=O) groups is 3. The average Bonchev–Trinajstić information content (AvgIpc) is 2.74. The summed E-state index contributed by atoms with van der Waals surface area (Å²) >= 11 is 0. The van der Waals surface area contributed by atoms with Gasteiger partial charge in [0.25, 0.3) is 17.5 Å². The summed E-state index contributed by atoms with van der Waals surface area (Å²) in [6, 6.07) is 11.3. The third-order valence-corrected chi connectivity index (χ3v) is 3.56. The molecule has 0 radical (unpaired) electrons. The summed E-state index contributed by atoms with van der Waals surface area (Å²) in [5.74, 6) is -1.63. The number of hydrazine groups is 1. The maximum atomic E-state index is 12.0. The van der Waals surface area contributed by atoms with E-state index in [2.05, 4.69) is 10.9 Å². The van der Waals surface area contributed by atoms with Gasteiger partial charge in [0, 0.05) is 6.07 Å². The van der Waals surface area contributed by atoms with Crippen LogP contribution in [0.5, 0.6) is 5.75 Å². The fourth-order valence-corrected chi connectivity index (χ4v) is 2.17. The predicted octanol–water partition coefficient (Wildman–Crippen LogP) is 2.00. The highest BCUT2D eigenvalue weighted by Gasteiger charge is 2.19. The second-order valence-corrected chi connectivity index (χ2v) is 5.73. The lowest BCUT2D eigenvalue weighted by Crippen LogP contribution is -2.44. The van der Waals surface area contributed by atoms with Crippen LogP contribution in [-0.2, 0) is 9.53 Å². The van der Waals surface area contributed by atoms with Crippen LogP contribution >= 0.6 is 0 Å². The number of para-hydroxylation sites is 1. The van der Waals surface area contributed by atoms with Crippen molar-refractivity contribution >= 4 is 23.5 Å². The number of nitrogens with zero attached hydrogens (tertiary/aromatic N) is 1. The minimum absolute atomic E-state index is 0.190. The number of carbonyl (C=O) groups excluding carboxylic acids is 3. The first kappa shape index (κ1) is 21.4. The summed E-state index contributed by atoms with van der Waals surface area (Å²) in [7, 11) is 0. The van der Waals surface area contributed by atoms with Crippen molar-refractivity contribution in [3.8, 4) is 5.75 Å². The molecule has 0 bridgehead atoms. The van der Waals surface area contributed by atoms with Gasteiger partial charge in [-0.2, -0.15) is 0 Å². The number of rotatable bonds is 8. The third kappa shape index (κ3) is 6.31. The van der Waals surface area contributed by atoms with Gasteiger partial charge in [0.2, 0.25) is 0 Å². The Kier molecular flexibility index (Phi) is 7.66. The zero-order valence-electron chi connectivity index (χ0n) is 15.5. The Labute approximate surface area is 165 Å². The quantitative estimate of drug-likeness (QED) is 0.392. The van der Waals surface area contributed by atoms with Gasteiger partial charge in [0.05, 0.1) is 17.1 Å². The van der Waals surface area contributed by atoms with Crippen molar-refractivity contribution in [2.24, 2.45) is 0 Å². The van der Waals surface area contributed by atoms with Crippen molar-refractivity contribution in [3.05, 3.63) is 69.8 Å². The molecule has 0 aliphatic heterocycles. The van der Waals surface area contributed by atoms with Gasteiger partial charge in [0.15, 0.2) is 6.61 Å². The van der Waals surface area contributed by atoms with Crippen molar-refractivity contribution in [2.75, 3.05) is 13.2 Å². The molecule has 2 aromatic rings. The Balaban J connectivity index is 1.82. The highest BCUT2D eigenvalue weighted by molar-refractivity contribution is 5.99. The standard InChI is InChI=1S/C19H19N3O7/c1-2-11-28-19(25)13-7-9-14(10-8-13)29-12-17(23)20-21-18(24)15-5-3-4-6-16(15)22(26)27/h3-10H,2,11-12H2,1H3,(H,20,23)(H,21,24). The highest BCUT2D eigenvalue weighted by Crippen LogP contribution is 2.17. The second-order valence-electron chi connectivity index (χ2n) is 5.73. The number of esters is 1. The van der Waals surface area contributed by atoms with E-state index in [0.717, 1.165) is 6.42 Å². The van der Waals surface area contributed by atoms with Gasteiger partial charge in [-0.25, -0.2) is 4.79 Å². The molecule has 0 spiro atoms. The molecular weight excluding hydrogens is 382 g/mol. The number of amides is 2. The maximum absolute atomic E-state index is 12.0. The predicted molar refractivity (Wildman–Crippen MR) is 101 cm³/mol. The van der Waals surface area contributed by atoms with Gasteiger partial charge in [-0.15, -0.1) is 0 Å². The van der Waals surface area contributed by atoms with Crippen LogP contribution in [0.2, 0.25) is 0 Å². The van der Waals surface area contributed by atoms with Gasteiger partial charge >= 0.3 is 5.97 Å². The first-order chi connectivity index (χ1) is 13.9. The van der Waals surface area contributed by atoms with Crippen LogP contribution in [0.4, 0.5) is 5.69 Å². The topological polar surface area (TPSA) is 137 Å². The van der Waals surface area contributed by atoms with Crippen LogP contribution in [0, 0.1) is 10.1 Å². The monoisotopic (exact) mass is 401 g/mol. The SMILES string of the molecule is CCCOC(=O)c1ccc(OCC(=O)NNC(=O)c2ccccc2[N+](=O)[O-])cc1. The van der Waals surface area contributed by atoms with Crippen molar-refractivity contribution < 1.29 is 28.8 Å². The van der Waals surface area contributed by atoms with E-state index in [1.165, 1.54) is 48.5 Å². The van der Waals surface area contributed by atoms with Crippen molar-refractivity contribution in [1.29, 1.82) is 0 Å². The first-order valence-electron chi connectivity index (χ1n) is 8.65. The summed E-state index contributed by atoms with van der Waals surface area (Å²) in [6.07, 6.45) is 0.718. The Bertz CT molecular complexity index is 897. The van der Waals surface area contributed by atoms with E-state index in [-0.39, 0.29) is 11.3 Å². The summed E-state index contributed by atoms with van der Waals surface area (Å²) in [5.41, 5.74) is 3.98. The molecule has 0 aromatic heterocycles. The molecular formula is C19H19N3O7. The normalized spacial score (nSPS) is 9.97. The van der Waals surface area contributed by atoms with Gasteiger partial charge in [-0.1, -0.05) is 19.1 Å². The van der Waals surface area contributed by atoms with Crippen LogP contribution in [-0.4, -0.2) is 35.9 Å². The van der Waals surface area contributed by atoms with Crippen LogP contribution < -0.4 is 15.6 Å². The lowest BCUT2D eigenvalue weighted by atomic mass is 10.2. The van der Waals surface area contributed by atoms with Crippen LogP contribution in [0.3, 0.4) is 0 Å². The average molecular weight is 401 g/mol.